The van der Waals surface area contributed by atoms with E-state index in [0.29, 0.717) is 5.69 Å². The van der Waals surface area contributed by atoms with Crippen LogP contribution in [-0.4, -0.2) is 32.4 Å². The molecule has 3 rings (SSSR count). The molecular weight excluding hydrogens is 432 g/mol. The molecule has 2 aromatic rings. The third-order valence-electron chi connectivity index (χ3n) is 4.88. The van der Waals surface area contributed by atoms with Gasteiger partial charge in [-0.2, -0.15) is 0 Å². The van der Waals surface area contributed by atoms with E-state index in [0.717, 1.165) is 29.6 Å². The fraction of sp³-hybridized carbons (Fsp3) is 0.348. The largest absolute Gasteiger partial charge is 0.497 e. The number of hydrogen-bond donors (Lipinski definition) is 1. The van der Waals surface area contributed by atoms with Crippen LogP contribution >= 0.6 is 15.9 Å². The number of nitrogens with zero attached hydrogens (tertiary/aromatic N) is 1. The predicted molar refractivity (Wildman–Crippen MR) is 120 cm³/mol. The Kier molecular flexibility index (Phi) is 7.05. The maximum absolute atomic E-state index is 11.9. The molecule has 2 aromatic carbocycles. The van der Waals surface area contributed by atoms with Crippen molar-refractivity contribution in [2.75, 3.05) is 30.5 Å². The van der Waals surface area contributed by atoms with Gasteiger partial charge in [-0.1, -0.05) is 27.8 Å². The Balaban J connectivity index is 1.59. The van der Waals surface area contributed by atoms with Gasteiger partial charge >= 0.3 is 6.09 Å². The topological polar surface area (TPSA) is 50.8 Å². The first-order valence-corrected chi connectivity index (χ1v) is 10.4. The molecule has 0 aliphatic carbocycles. The minimum atomic E-state index is -0.508. The van der Waals surface area contributed by atoms with Crippen LogP contribution in [0.25, 0.3) is 0 Å². The second-order valence-electron chi connectivity index (χ2n) is 6.99. The van der Waals surface area contributed by atoms with E-state index in [4.69, 9.17) is 9.47 Å². The number of ether oxygens (including phenoxy) is 2. The second kappa shape index (κ2) is 9.71. The van der Waals surface area contributed by atoms with Gasteiger partial charge < -0.3 is 14.4 Å². The quantitative estimate of drug-likeness (QED) is 0.634. The van der Waals surface area contributed by atoms with Gasteiger partial charge in [0.25, 0.3) is 0 Å². The molecule has 152 valence electrons. The number of amides is 1. The number of aryl methyl sites for hydroxylation is 2. The van der Waals surface area contributed by atoms with Gasteiger partial charge in [-0.3, -0.25) is 5.32 Å². The van der Waals surface area contributed by atoms with E-state index in [2.05, 4.69) is 64.0 Å². The predicted octanol–water partition coefficient (Wildman–Crippen LogP) is 5.30. The minimum absolute atomic E-state index is 0.0628. The van der Waals surface area contributed by atoms with Crippen LogP contribution < -0.4 is 15.0 Å². The maximum atomic E-state index is 11.9. The molecular formula is C23H25BrN2O3. The van der Waals surface area contributed by atoms with Crippen molar-refractivity contribution in [1.82, 2.24) is 0 Å². The van der Waals surface area contributed by atoms with E-state index in [1.807, 2.05) is 12.1 Å². The first-order chi connectivity index (χ1) is 14.0. The average Bonchev–Trinajstić information content (AvgIpc) is 3.14. The van der Waals surface area contributed by atoms with Gasteiger partial charge in [0, 0.05) is 22.4 Å². The Morgan fingerprint density at radius 3 is 2.59 bits per heavy atom. The minimum Gasteiger partial charge on any atom is -0.497 e. The van der Waals surface area contributed by atoms with Crippen molar-refractivity contribution in [3.63, 3.8) is 0 Å². The van der Waals surface area contributed by atoms with Crippen LogP contribution in [-0.2, 0) is 4.74 Å². The first kappa shape index (κ1) is 21.1. The SMILES string of the molecule is COc1cc(C)c(N2CCC[C@H]2C#CCOC(=O)Nc2ccc(Br)cc2)c(C)c1. The Morgan fingerprint density at radius 1 is 1.24 bits per heavy atom. The van der Waals surface area contributed by atoms with Crippen LogP contribution in [0.15, 0.2) is 40.9 Å². The Bertz CT molecular complexity index is 908. The van der Waals surface area contributed by atoms with Gasteiger partial charge in [0.2, 0.25) is 0 Å². The van der Waals surface area contributed by atoms with E-state index < -0.39 is 6.09 Å². The molecule has 1 aliphatic rings. The van der Waals surface area contributed by atoms with Gasteiger partial charge in [0.1, 0.15) is 5.75 Å². The fourth-order valence-corrected chi connectivity index (χ4v) is 3.88. The molecule has 1 atom stereocenters. The summed E-state index contributed by atoms with van der Waals surface area (Å²) in [7, 11) is 1.69. The van der Waals surface area contributed by atoms with Crippen molar-refractivity contribution in [2.24, 2.45) is 0 Å². The Morgan fingerprint density at radius 2 is 1.93 bits per heavy atom. The van der Waals surface area contributed by atoms with Gasteiger partial charge in [-0.05, 0) is 74.2 Å². The molecule has 0 bridgehead atoms. The highest BCUT2D eigenvalue weighted by Gasteiger charge is 2.25. The zero-order valence-corrected chi connectivity index (χ0v) is 18.5. The molecule has 1 aliphatic heterocycles. The number of rotatable bonds is 4. The van der Waals surface area contributed by atoms with E-state index in [9.17, 15) is 4.79 Å². The van der Waals surface area contributed by atoms with Crippen LogP contribution in [0.2, 0.25) is 0 Å². The van der Waals surface area contributed by atoms with E-state index in [-0.39, 0.29) is 12.6 Å². The van der Waals surface area contributed by atoms with Crippen LogP contribution in [0.1, 0.15) is 24.0 Å². The van der Waals surface area contributed by atoms with Gasteiger partial charge in [-0.15, -0.1) is 0 Å². The Labute approximate surface area is 180 Å². The van der Waals surface area contributed by atoms with E-state index >= 15 is 0 Å². The van der Waals surface area contributed by atoms with Crippen LogP contribution in [0.5, 0.6) is 5.75 Å². The number of nitrogens with one attached hydrogen (secondary N) is 1. The normalized spacial score (nSPS) is 15.4. The smallest absolute Gasteiger partial charge is 0.412 e. The highest BCUT2D eigenvalue weighted by Crippen LogP contribution is 2.34. The third kappa shape index (κ3) is 5.45. The van der Waals surface area contributed by atoms with Gasteiger partial charge in [0.05, 0.1) is 13.2 Å². The van der Waals surface area contributed by atoms with Gasteiger partial charge in [-0.25, -0.2) is 4.79 Å². The number of carbonyl (C=O) groups excluding carboxylic acids is 1. The molecule has 0 radical (unpaired) electrons. The van der Waals surface area contributed by atoms with Crippen LogP contribution in [0, 0.1) is 25.7 Å². The summed E-state index contributed by atoms with van der Waals surface area (Å²) in [6.07, 6.45) is 1.59. The molecule has 1 saturated heterocycles. The number of anilines is 2. The highest BCUT2D eigenvalue weighted by atomic mass is 79.9. The molecule has 1 heterocycles. The summed E-state index contributed by atoms with van der Waals surface area (Å²) in [6.45, 7) is 5.23. The number of methoxy groups -OCH3 is 1. The second-order valence-corrected chi connectivity index (χ2v) is 7.91. The molecule has 0 spiro atoms. The lowest BCUT2D eigenvalue weighted by Crippen LogP contribution is -2.29. The molecule has 6 heteroatoms. The summed E-state index contributed by atoms with van der Waals surface area (Å²) < 4.78 is 11.5. The Hall–Kier alpha value is -2.65. The molecule has 1 N–H and O–H groups in total. The van der Waals surface area contributed by atoms with Crippen molar-refractivity contribution >= 4 is 33.4 Å². The van der Waals surface area contributed by atoms with Crippen LogP contribution in [0.4, 0.5) is 16.2 Å². The average molecular weight is 457 g/mol. The van der Waals surface area contributed by atoms with Crippen LogP contribution in [0.3, 0.4) is 0 Å². The number of benzene rings is 2. The molecule has 1 fully saturated rings. The van der Waals surface area contributed by atoms with Crippen molar-refractivity contribution in [1.29, 1.82) is 0 Å². The molecule has 5 nitrogen and oxygen atoms in total. The summed E-state index contributed by atoms with van der Waals surface area (Å²) >= 11 is 3.36. The lowest BCUT2D eigenvalue weighted by molar-refractivity contribution is 0.176. The molecule has 1 amide bonds. The highest BCUT2D eigenvalue weighted by molar-refractivity contribution is 9.10. The zero-order valence-electron chi connectivity index (χ0n) is 16.9. The summed E-state index contributed by atoms with van der Waals surface area (Å²) in [6, 6.07) is 11.5. The molecule has 29 heavy (non-hydrogen) atoms. The number of carbonyl (C=O) groups is 1. The monoisotopic (exact) mass is 456 g/mol. The van der Waals surface area contributed by atoms with E-state index in [1.54, 1.807) is 19.2 Å². The maximum Gasteiger partial charge on any atom is 0.412 e. The van der Waals surface area contributed by atoms with Gasteiger partial charge in [0.15, 0.2) is 6.61 Å². The molecule has 0 saturated carbocycles. The van der Waals surface area contributed by atoms with Crippen molar-refractivity contribution in [2.45, 2.75) is 32.7 Å². The fourth-order valence-electron chi connectivity index (χ4n) is 3.62. The van der Waals surface area contributed by atoms with Crippen molar-refractivity contribution in [3.05, 3.63) is 52.0 Å². The number of hydrogen-bond acceptors (Lipinski definition) is 4. The van der Waals surface area contributed by atoms with E-state index in [1.165, 1.54) is 16.8 Å². The third-order valence-corrected chi connectivity index (χ3v) is 5.40. The summed E-state index contributed by atoms with van der Waals surface area (Å²) in [5, 5.41) is 2.69. The standard InChI is InChI=1S/C23H25BrN2O3/c1-16-14-21(28-3)15-17(2)22(16)26-12-4-6-20(26)7-5-13-29-23(27)25-19-10-8-18(24)9-11-19/h8-11,14-15,20H,4,6,12-13H2,1-3H3,(H,25,27)/t20-/m0/s1. The van der Waals surface area contributed by atoms with Crippen molar-refractivity contribution in [3.8, 4) is 17.6 Å². The summed E-state index contributed by atoms with van der Waals surface area (Å²) in [4.78, 5) is 14.2. The molecule has 0 aromatic heterocycles. The van der Waals surface area contributed by atoms with Crippen molar-refractivity contribution < 1.29 is 14.3 Å². The lowest BCUT2D eigenvalue weighted by atomic mass is 10.1. The molecule has 0 unspecified atom stereocenters. The number of halogens is 1. The first-order valence-electron chi connectivity index (χ1n) is 9.57. The lowest BCUT2D eigenvalue weighted by Gasteiger charge is -2.27. The summed E-state index contributed by atoms with van der Waals surface area (Å²) in [5.41, 5.74) is 4.26. The summed E-state index contributed by atoms with van der Waals surface area (Å²) in [5.74, 6) is 7.15. The zero-order chi connectivity index (χ0) is 20.8.